The van der Waals surface area contributed by atoms with Gasteiger partial charge in [0.05, 0.1) is 18.6 Å². The zero-order valence-electron chi connectivity index (χ0n) is 22.8. The van der Waals surface area contributed by atoms with Crippen LogP contribution in [0.15, 0.2) is 42.0 Å². The number of phenols is 1. The van der Waals surface area contributed by atoms with Crippen molar-refractivity contribution in [2.24, 2.45) is 23.5 Å². The number of primary amides is 1. The number of anilines is 1. The highest BCUT2D eigenvalue weighted by Gasteiger charge is 2.57. The Bertz CT molecular complexity index is 1410. The Morgan fingerprint density at radius 3 is 2.41 bits per heavy atom. The normalized spacial score (nSPS) is 21.7. The van der Waals surface area contributed by atoms with Crippen molar-refractivity contribution < 1.29 is 44.3 Å². The summed E-state index contributed by atoms with van der Waals surface area (Å²) in [4.78, 5) is 50.0. The number of nitrogens with two attached hydrogens (primary N) is 1. The Kier molecular flexibility index (Phi) is 8.50. The summed E-state index contributed by atoms with van der Waals surface area (Å²) < 4.78 is 5.14. The molecule has 2 amide bonds. The molecule has 2 aliphatic rings. The number of phenolic OH excluding ortho intramolecular Hbond substituents is 1. The van der Waals surface area contributed by atoms with Crippen LogP contribution in [0.1, 0.15) is 44.2 Å². The van der Waals surface area contributed by atoms with Crippen LogP contribution < -0.4 is 11.1 Å². The molecule has 4 rings (SSSR count). The Labute approximate surface area is 236 Å². The third-order valence-corrected chi connectivity index (χ3v) is 7.62. The van der Waals surface area contributed by atoms with Crippen molar-refractivity contribution in [1.29, 1.82) is 0 Å². The number of benzene rings is 2. The maximum atomic E-state index is 13.6. The van der Waals surface area contributed by atoms with Gasteiger partial charge in [-0.05, 0) is 66.0 Å². The monoisotopic (exact) mass is 566 g/mol. The number of hydrogen-bond donors (Lipinski definition) is 6. The summed E-state index contributed by atoms with van der Waals surface area (Å²) in [7, 11) is 0. The molecular formula is C30H34N2O9. The second kappa shape index (κ2) is 11.7. The molecule has 218 valence electrons. The van der Waals surface area contributed by atoms with Crippen LogP contribution in [-0.4, -0.2) is 62.8 Å². The number of amides is 2. The van der Waals surface area contributed by atoms with E-state index in [9.17, 15) is 39.6 Å². The largest absolute Gasteiger partial charge is 0.507 e. The van der Waals surface area contributed by atoms with Gasteiger partial charge in [0, 0.05) is 23.8 Å². The molecule has 11 heteroatoms. The van der Waals surface area contributed by atoms with Crippen LogP contribution in [0.4, 0.5) is 10.5 Å². The number of hydrogen-bond acceptors (Lipinski definition) is 9. The zero-order valence-corrected chi connectivity index (χ0v) is 22.8. The second-order valence-corrected chi connectivity index (χ2v) is 11.0. The van der Waals surface area contributed by atoms with Gasteiger partial charge in [0.15, 0.2) is 11.4 Å². The maximum Gasteiger partial charge on any atom is 0.411 e. The first kappa shape index (κ1) is 29.8. The summed E-state index contributed by atoms with van der Waals surface area (Å²) in [6, 6.07) is 9.91. The van der Waals surface area contributed by atoms with E-state index in [1.54, 1.807) is 30.3 Å². The highest BCUT2D eigenvalue weighted by molar-refractivity contribution is 6.23. The highest BCUT2D eigenvalue weighted by atomic mass is 16.5. The van der Waals surface area contributed by atoms with Crippen molar-refractivity contribution in [2.45, 2.75) is 45.1 Å². The van der Waals surface area contributed by atoms with E-state index in [1.165, 1.54) is 6.07 Å². The number of carbonyl (C=O) groups is 4. The van der Waals surface area contributed by atoms with Crippen molar-refractivity contribution in [2.75, 3.05) is 18.5 Å². The zero-order chi connectivity index (χ0) is 30.1. The molecule has 1 fully saturated rings. The molecule has 2 aromatic rings. The van der Waals surface area contributed by atoms with E-state index >= 15 is 0 Å². The quantitative estimate of drug-likeness (QED) is 0.247. The molecule has 0 saturated heterocycles. The Hall–Kier alpha value is -4.22. The maximum absolute atomic E-state index is 13.6. The van der Waals surface area contributed by atoms with Crippen LogP contribution in [-0.2, 0) is 25.5 Å². The molecule has 0 radical (unpaired) electrons. The van der Waals surface area contributed by atoms with Gasteiger partial charge in [0.1, 0.15) is 11.5 Å². The predicted octanol–water partition coefficient (Wildman–Crippen LogP) is 2.85. The fraction of sp³-hybridized carbons (Fsp3) is 0.400. The predicted molar refractivity (Wildman–Crippen MR) is 149 cm³/mol. The molecule has 11 nitrogen and oxygen atoms in total. The Morgan fingerprint density at radius 1 is 1.12 bits per heavy atom. The Balaban J connectivity index is 1.72. The lowest BCUT2D eigenvalue weighted by atomic mass is 9.61. The molecule has 2 aromatic carbocycles. The van der Waals surface area contributed by atoms with Crippen molar-refractivity contribution in [3.8, 4) is 16.9 Å². The summed E-state index contributed by atoms with van der Waals surface area (Å²) in [5.74, 6) is -5.50. The molecule has 2 aliphatic carbocycles. The van der Waals surface area contributed by atoms with Crippen molar-refractivity contribution >= 4 is 35.0 Å². The van der Waals surface area contributed by atoms with Crippen LogP contribution >= 0.6 is 0 Å². The third kappa shape index (κ3) is 5.68. The summed E-state index contributed by atoms with van der Waals surface area (Å²) >= 11 is 0. The van der Waals surface area contributed by atoms with Gasteiger partial charge in [-0.1, -0.05) is 32.0 Å². The van der Waals surface area contributed by atoms with Gasteiger partial charge in [-0.3, -0.25) is 19.7 Å². The average Bonchev–Trinajstić information content (AvgIpc) is 2.90. The minimum atomic E-state index is -2.65. The molecule has 0 unspecified atom stereocenters. The molecule has 41 heavy (non-hydrogen) atoms. The first-order valence-electron chi connectivity index (χ1n) is 13.4. The first-order valence-corrected chi connectivity index (χ1v) is 13.4. The second-order valence-electron chi connectivity index (χ2n) is 11.0. The van der Waals surface area contributed by atoms with Crippen LogP contribution in [0.5, 0.6) is 5.75 Å². The molecule has 0 heterocycles. The number of fused-ring (bicyclic) bond motifs is 2. The van der Waals surface area contributed by atoms with E-state index in [0.29, 0.717) is 22.4 Å². The smallest absolute Gasteiger partial charge is 0.411 e. The van der Waals surface area contributed by atoms with Gasteiger partial charge in [0.2, 0.25) is 11.7 Å². The van der Waals surface area contributed by atoms with Gasteiger partial charge < -0.3 is 30.9 Å². The van der Waals surface area contributed by atoms with Gasteiger partial charge in [-0.25, -0.2) is 4.79 Å². The van der Waals surface area contributed by atoms with Gasteiger partial charge in [-0.15, -0.1) is 0 Å². The van der Waals surface area contributed by atoms with Crippen molar-refractivity contribution in [1.82, 2.24) is 0 Å². The average molecular weight is 567 g/mol. The third-order valence-electron chi connectivity index (χ3n) is 7.62. The number of aliphatic hydroxyl groups is 3. The molecule has 0 spiro atoms. The van der Waals surface area contributed by atoms with Crippen LogP contribution in [0.2, 0.25) is 0 Å². The van der Waals surface area contributed by atoms with E-state index in [-0.39, 0.29) is 48.7 Å². The number of ether oxygens (including phenoxy) is 1. The molecular weight excluding hydrogens is 532 g/mol. The SMILES string of the molecule is CC(C)COC(=O)Nc1ccc(-c2ccc(O)c3c2C[C@H]2C[C@@H](CCO)[C@@](O)(C(=O)CC(N)=O)C(=O)C2=C3O)cc1. The molecule has 3 atom stereocenters. The lowest BCUT2D eigenvalue weighted by Crippen LogP contribution is -2.59. The van der Waals surface area contributed by atoms with Gasteiger partial charge >= 0.3 is 6.09 Å². The van der Waals surface area contributed by atoms with E-state index in [2.05, 4.69) is 5.32 Å². The molecule has 1 saturated carbocycles. The van der Waals surface area contributed by atoms with Crippen molar-refractivity contribution in [3.63, 3.8) is 0 Å². The van der Waals surface area contributed by atoms with E-state index in [0.717, 1.165) is 0 Å². The fourth-order valence-electron chi connectivity index (χ4n) is 5.72. The van der Waals surface area contributed by atoms with Crippen LogP contribution in [0.25, 0.3) is 16.9 Å². The number of aromatic hydroxyl groups is 1. The number of nitrogens with one attached hydrogen (secondary N) is 1. The van der Waals surface area contributed by atoms with E-state index in [1.807, 2.05) is 13.8 Å². The van der Waals surface area contributed by atoms with E-state index < -0.39 is 59.8 Å². The topological polar surface area (TPSA) is 196 Å². The minimum absolute atomic E-state index is 0.00636. The standard InChI is InChI=1S/C30H34N2O9/c1-15(2)14-41-29(39)32-19-5-3-16(4-6-19)20-7-8-22(34)26-21(20)12-17-11-18(9-10-33)30(40,23(35)13-24(31)36)28(38)25(17)27(26)37/h3-8,15,17-18,33-34,37,40H,9-14H2,1-2H3,(H2,31,36)(H,32,39)/t17-,18-,30-/m1/s1. The van der Waals surface area contributed by atoms with E-state index in [4.69, 9.17) is 10.5 Å². The van der Waals surface area contributed by atoms with Crippen molar-refractivity contribution in [3.05, 3.63) is 53.1 Å². The number of Topliss-reactive ketones (excluding diaryl/α,β-unsaturated/α-hetero) is 2. The molecule has 0 aliphatic heterocycles. The lowest BCUT2D eigenvalue weighted by Gasteiger charge is -2.43. The summed E-state index contributed by atoms with van der Waals surface area (Å²) in [5.41, 5.74) is 4.72. The summed E-state index contributed by atoms with van der Waals surface area (Å²) in [6.07, 6.45) is -1.30. The number of rotatable bonds is 9. The molecule has 7 N–H and O–H groups in total. The highest BCUT2D eigenvalue weighted by Crippen LogP contribution is 2.50. The van der Waals surface area contributed by atoms with Gasteiger partial charge in [0.25, 0.3) is 0 Å². The number of ketones is 2. The summed E-state index contributed by atoms with van der Waals surface area (Å²) in [6.45, 7) is 3.71. The Morgan fingerprint density at radius 2 is 1.80 bits per heavy atom. The minimum Gasteiger partial charge on any atom is -0.507 e. The number of aliphatic hydroxyl groups excluding tert-OH is 2. The summed E-state index contributed by atoms with van der Waals surface area (Å²) in [5, 5.41) is 45.6. The molecule has 0 aromatic heterocycles. The number of carbonyl (C=O) groups excluding carboxylic acids is 4. The first-order chi connectivity index (χ1) is 19.4. The van der Waals surface area contributed by atoms with Crippen LogP contribution in [0, 0.1) is 17.8 Å². The lowest BCUT2D eigenvalue weighted by molar-refractivity contribution is -0.159. The van der Waals surface area contributed by atoms with Crippen LogP contribution in [0.3, 0.4) is 0 Å². The fourth-order valence-corrected chi connectivity index (χ4v) is 5.72. The molecule has 0 bridgehead atoms. The van der Waals surface area contributed by atoms with Gasteiger partial charge in [-0.2, -0.15) is 0 Å².